The van der Waals surface area contributed by atoms with E-state index in [9.17, 15) is 0 Å². The fourth-order valence-corrected chi connectivity index (χ4v) is 4.90. The molecule has 4 heteroatoms. The number of halogens is 1. The average molecular weight is 351 g/mol. The molecule has 0 saturated heterocycles. The van der Waals surface area contributed by atoms with Gasteiger partial charge in [0.1, 0.15) is 5.15 Å². The van der Waals surface area contributed by atoms with Gasteiger partial charge in [-0.3, -0.25) is 0 Å². The molecule has 2 aromatic carbocycles. The van der Waals surface area contributed by atoms with Crippen molar-refractivity contribution in [1.82, 2.24) is 9.88 Å². The average Bonchev–Trinajstić information content (AvgIpc) is 3.15. The van der Waals surface area contributed by atoms with Gasteiger partial charge in [0.25, 0.3) is 0 Å². The van der Waals surface area contributed by atoms with Crippen LogP contribution in [-0.2, 0) is 6.54 Å². The van der Waals surface area contributed by atoms with E-state index in [-0.39, 0.29) is 6.04 Å². The lowest BCUT2D eigenvalue weighted by Crippen LogP contribution is -2.20. The Morgan fingerprint density at radius 3 is 2.75 bits per heavy atom. The predicted octanol–water partition coefficient (Wildman–Crippen LogP) is 5.54. The second kappa shape index (κ2) is 5.49. The van der Waals surface area contributed by atoms with E-state index < -0.39 is 0 Å². The van der Waals surface area contributed by atoms with Gasteiger partial charge in [-0.05, 0) is 41.3 Å². The zero-order chi connectivity index (χ0) is 16.1. The highest BCUT2D eigenvalue weighted by Gasteiger charge is 2.25. The van der Waals surface area contributed by atoms with Crippen LogP contribution in [0, 0.1) is 0 Å². The zero-order valence-corrected chi connectivity index (χ0v) is 14.4. The molecule has 5 rings (SSSR count). The van der Waals surface area contributed by atoms with Crippen molar-refractivity contribution in [2.75, 3.05) is 0 Å². The van der Waals surface area contributed by atoms with Gasteiger partial charge in [0.2, 0.25) is 0 Å². The summed E-state index contributed by atoms with van der Waals surface area (Å²) in [6, 6.07) is 23.5. The van der Waals surface area contributed by atoms with E-state index in [0.717, 1.165) is 11.7 Å². The molecule has 2 nitrogen and oxygen atoms in total. The number of hydrogen-bond acceptors (Lipinski definition) is 2. The first-order chi connectivity index (χ1) is 11.8. The Morgan fingerprint density at radius 1 is 1.00 bits per heavy atom. The molecule has 24 heavy (non-hydrogen) atoms. The van der Waals surface area contributed by atoms with Crippen molar-refractivity contribution in [2.45, 2.75) is 12.6 Å². The molecule has 1 N–H and O–H groups in total. The SMILES string of the molecule is Clc1ccc2n1-c1ccccc1CNC2c1cc2ccccc2s1. The number of para-hydroxylation sites is 1. The van der Waals surface area contributed by atoms with Crippen LogP contribution in [0.5, 0.6) is 0 Å². The van der Waals surface area contributed by atoms with Gasteiger partial charge in [0.05, 0.1) is 11.7 Å². The van der Waals surface area contributed by atoms with Gasteiger partial charge in [-0.15, -0.1) is 11.3 Å². The molecule has 118 valence electrons. The summed E-state index contributed by atoms with van der Waals surface area (Å²) in [6.45, 7) is 0.826. The molecule has 0 aliphatic carbocycles. The van der Waals surface area contributed by atoms with E-state index in [1.807, 2.05) is 17.4 Å². The number of hydrogen-bond donors (Lipinski definition) is 1. The van der Waals surface area contributed by atoms with Crippen LogP contribution in [0.2, 0.25) is 5.15 Å². The van der Waals surface area contributed by atoms with Gasteiger partial charge in [0.15, 0.2) is 0 Å². The number of benzene rings is 2. The molecule has 4 aromatic rings. The lowest BCUT2D eigenvalue weighted by Gasteiger charge is -2.16. The van der Waals surface area contributed by atoms with Crippen molar-refractivity contribution in [3.05, 3.63) is 88.0 Å². The molecule has 1 aliphatic rings. The molecule has 1 atom stereocenters. The topological polar surface area (TPSA) is 17.0 Å². The standard InChI is InChI=1S/C20H15ClN2S/c21-19-10-9-16-20(18-11-13-5-2-4-8-17(13)24-18)22-12-14-6-1-3-7-15(14)23(16)19/h1-11,20,22H,12H2. The van der Waals surface area contributed by atoms with Crippen LogP contribution in [0.25, 0.3) is 15.8 Å². The Morgan fingerprint density at radius 2 is 1.83 bits per heavy atom. The Labute approximate surface area is 149 Å². The van der Waals surface area contributed by atoms with Gasteiger partial charge in [-0.2, -0.15) is 0 Å². The maximum Gasteiger partial charge on any atom is 0.113 e. The Kier molecular flexibility index (Phi) is 3.27. The highest BCUT2D eigenvalue weighted by molar-refractivity contribution is 7.19. The third-order valence-electron chi connectivity index (χ3n) is 4.62. The second-order valence-corrected chi connectivity index (χ2v) is 7.55. The van der Waals surface area contributed by atoms with Crippen molar-refractivity contribution in [3.63, 3.8) is 0 Å². The van der Waals surface area contributed by atoms with E-state index >= 15 is 0 Å². The van der Waals surface area contributed by atoms with Gasteiger partial charge in [-0.25, -0.2) is 0 Å². The van der Waals surface area contributed by atoms with Crippen LogP contribution in [-0.4, -0.2) is 4.57 Å². The lowest BCUT2D eigenvalue weighted by atomic mass is 10.1. The minimum Gasteiger partial charge on any atom is -0.302 e. The predicted molar refractivity (Wildman–Crippen MR) is 101 cm³/mol. The molecule has 0 radical (unpaired) electrons. The van der Waals surface area contributed by atoms with Crippen molar-refractivity contribution in [1.29, 1.82) is 0 Å². The van der Waals surface area contributed by atoms with Gasteiger partial charge >= 0.3 is 0 Å². The maximum atomic E-state index is 6.53. The maximum absolute atomic E-state index is 6.53. The fraction of sp³-hybridized carbons (Fsp3) is 0.100. The van der Waals surface area contributed by atoms with Crippen LogP contribution in [0.3, 0.4) is 0 Å². The first-order valence-corrected chi connectivity index (χ1v) is 9.18. The van der Waals surface area contributed by atoms with Crippen molar-refractivity contribution in [2.24, 2.45) is 0 Å². The second-order valence-electron chi connectivity index (χ2n) is 6.05. The highest BCUT2D eigenvalue weighted by atomic mass is 35.5. The van der Waals surface area contributed by atoms with Crippen LogP contribution in [0.4, 0.5) is 0 Å². The summed E-state index contributed by atoms with van der Waals surface area (Å²) in [5.74, 6) is 0. The van der Waals surface area contributed by atoms with Gasteiger partial charge in [0, 0.05) is 21.8 Å². The van der Waals surface area contributed by atoms with E-state index in [2.05, 4.69) is 70.5 Å². The summed E-state index contributed by atoms with van der Waals surface area (Å²) in [5.41, 5.74) is 3.62. The molecule has 1 unspecified atom stereocenters. The zero-order valence-electron chi connectivity index (χ0n) is 12.9. The van der Waals surface area contributed by atoms with E-state index in [1.54, 1.807) is 0 Å². The van der Waals surface area contributed by atoms with Crippen molar-refractivity contribution < 1.29 is 0 Å². The molecule has 0 amide bonds. The molecule has 0 spiro atoms. The molecule has 0 bridgehead atoms. The molecule has 1 aliphatic heterocycles. The lowest BCUT2D eigenvalue weighted by molar-refractivity contribution is 0.609. The summed E-state index contributed by atoms with van der Waals surface area (Å²) >= 11 is 8.37. The molecular weight excluding hydrogens is 336 g/mol. The summed E-state index contributed by atoms with van der Waals surface area (Å²) in [4.78, 5) is 1.32. The fourth-order valence-electron chi connectivity index (χ4n) is 3.49. The monoisotopic (exact) mass is 350 g/mol. The van der Waals surface area contributed by atoms with Gasteiger partial charge in [-0.1, -0.05) is 48.0 Å². The van der Waals surface area contributed by atoms with Crippen LogP contribution >= 0.6 is 22.9 Å². The molecule has 3 heterocycles. The van der Waals surface area contributed by atoms with E-state index in [1.165, 1.54) is 31.9 Å². The van der Waals surface area contributed by atoms with E-state index in [0.29, 0.717) is 0 Å². The number of nitrogens with zero attached hydrogens (tertiary/aromatic N) is 1. The Hall–Kier alpha value is -2.07. The largest absolute Gasteiger partial charge is 0.302 e. The summed E-state index contributed by atoms with van der Waals surface area (Å²) < 4.78 is 3.49. The normalized spacial score (nSPS) is 16.6. The molecular formula is C20H15ClN2S. The minimum absolute atomic E-state index is 0.141. The first kappa shape index (κ1) is 14.3. The van der Waals surface area contributed by atoms with Crippen LogP contribution in [0.1, 0.15) is 22.2 Å². The summed E-state index contributed by atoms with van der Waals surface area (Å²) in [7, 11) is 0. The van der Waals surface area contributed by atoms with Crippen LogP contribution < -0.4 is 5.32 Å². The smallest absolute Gasteiger partial charge is 0.113 e. The number of aromatic nitrogens is 1. The number of rotatable bonds is 1. The van der Waals surface area contributed by atoms with Crippen molar-refractivity contribution >= 4 is 33.0 Å². The minimum atomic E-state index is 0.141. The molecule has 2 aromatic heterocycles. The third-order valence-corrected chi connectivity index (χ3v) is 6.09. The summed E-state index contributed by atoms with van der Waals surface area (Å²) in [5, 5.41) is 5.77. The number of nitrogens with one attached hydrogen (secondary N) is 1. The van der Waals surface area contributed by atoms with Crippen LogP contribution in [0.15, 0.2) is 66.7 Å². The molecule has 0 saturated carbocycles. The quantitative estimate of drug-likeness (QED) is 0.477. The number of thiophene rings is 1. The summed E-state index contributed by atoms with van der Waals surface area (Å²) in [6.07, 6.45) is 0. The van der Waals surface area contributed by atoms with E-state index in [4.69, 9.17) is 11.6 Å². The van der Waals surface area contributed by atoms with Crippen molar-refractivity contribution in [3.8, 4) is 5.69 Å². The Bertz CT molecular complexity index is 1010. The Balaban J connectivity index is 1.71. The van der Waals surface area contributed by atoms with Gasteiger partial charge < -0.3 is 9.88 Å². The first-order valence-electron chi connectivity index (χ1n) is 7.98. The molecule has 0 fully saturated rings. The third kappa shape index (κ3) is 2.13. The highest BCUT2D eigenvalue weighted by Crippen LogP contribution is 2.38. The number of fused-ring (bicyclic) bond motifs is 4.